The average Bonchev–Trinajstić information content (AvgIpc) is 2.32. The number of likely N-dealkylation sites (N-methyl/N-ethyl adjacent to an activating group) is 1. The lowest BCUT2D eigenvalue weighted by molar-refractivity contribution is 0.146. The Morgan fingerprint density at radius 2 is 1.94 bits per heavy atom. The van der Waals surface area contributed by atoms with E-state index in [1.807, 2.05) is 12.1 Å². The van der Waals surface area contributed by atoms with Gasteiger partial charge in [0.1, 0.15) is 5.82 Å². The van der Waals surface area contributed by atoms with E-state index in [0.717, 1.165) is 18.7 Å². The summed E-state index contributed by atoms with van der Waals surface area (Å²) in [6.45, 7) is 6.80. The van der Waals surface area contributed by atoms with Gasteiger partial charge in [-0.1, -0.05) is 26.0 Å². The van der Waals surface area contributed by atoms with Crippen LogP contribution in [0.4, 0.5) is 4.39 Å². The molecular weight excluding hydrogens is 217 g/mol. The maximum absolute atomic E-state index is 12.9. The molecule has 3 heteroatoms. The minimum Gasteiger partial charge on any atom is -0.384 e. The van der Waals surface area contributed by atoms with Gasteiger partial charge in [-0.05, 0) is 30.2 Å². The molecule has 0 bridgehead atoms. The van der Waals surface area contributed by atoms with Crippen LogP contribution in [0.5, 0.6) is 0 Å². The van der Waals surface area contributed by atoms with Crippen molar-refractivity contribution < 1.29 is 9.13 Å². The van der Waals surface area contributed by atoms with Crippen molar-refractivity contribution in [2.24, 2.45) is 5.92 Å². The van der Waals surface area contributed by atoms with Crippen molar-refractivity contribution in [3.05, 3.63) is 35.6 Å². The Labute approximate surface area is 103 Å². The van der Waals surface area contributed by atoms with Crippen molar-refractivity contribution in [1.29, 1.82) is 0 Å². The van der Waals surface area contributed by atoms with Crippen molar-refractivity contribution in [2.45, 2.75) is 19.8 Å². The van der Waals surface area contributed by atoms with Crippen LogP contribution in [0, 0.1) is 11.7 Å². The fraction of sp³-hybridized carbons (Fsp3) is 0.571. The summed E-state index contributed by atoms with van der Waals surface area (Å²) >= 11 is 0. The molecule has 0 heterocycles. The highest BCUT2D eigenvalue weighted by atomic mass is 19.1. The molecule has 2 unspecified atom stereocenters. The third-order valence-electron chi connectivity index (χ3n) is 3.03. The Morgan fingerprint density at radius 3 is 2.47 bits per heavy atom. The third kappa shape index (κ3) is 4.44. The Bertz CT molecular complexity index is 313. The van der Waals surface area contributed by atoms with Gasteiger partial charge in [0.2, 0.25) is 0 Å². The minimum absolute atomic E-state index is 0.185. The van der Waals surface area contributed by atoms with Crippen LogP contribution in [-0.2, 0) is 4.74 Å². The predicted molar refractivity (Wildman–Crippen MR) is 68.7 cm³/mol. The van der Waals surface area contributed by atoms with E-state index in [1.54, 1.807) is 7.11 Å². The van der Waals surface area contributed by atoms with Crippen LogP contribution in [0.15, 0.2) is 24.3 Å². The van der Waals surface area contributed by atoms with Crippen molar-refractivity contribution in [2.75, 3.05) is 26.8 Å². The molecule has 1 aromatic rings. The zero-order valence-electron chi connectivity index (χ0n) is 10.9. The first kappa shape index (κ1) is 14.1. The maximum atomic E-state index is 12.9. The van der Waals surface area contributed by atoms with E-state index >= 15 is 0 Å². The summed E-state index contributed by atoms with van der Waals surface area (Å²) < 4.78 is 18.1. The molecule has 0 amide bonds. The minimum atomic E-state index is -0.185. The molecule has 96 valence electrons. The summed E-state index contributed by atoms with van der Waals surface area (Å²) in [5.74, 6) is 0.579. The second-order valence-corrected chi connectivity index (χ2v) is 4.40. The number of methoxy groups -OCH3 is 1. The maximum Gasteiger partial charge on any atom is 0.123 e. The molecule has 0 spiro atoms. The first-order valence-corrected chi connectivity index (χ1v) is 6.14. The van der Waals surface area contributed by atoms with Crippen molar-refractivity contribution >= 4 is 0 Å². The summed E-state index contributed by atoms with van der Waals surface area (Å²) in [5.41, 5.74) is 1.16. The number of hydrogen-bond acceptors (Lipinski definition) is 2. The summed E-state index contributed by atoms with van der Waals surface area (Å²) in [6, 6.07) is 6.77. The molecule has 1 aromatic carbocycles. The van der Waals surface area contributed by atoms with E-state index in [9.17, 15) is 4.39 Å². The van der Waals surface area contributed by atoms with E-state index in [-0.39, 0.29) is 5.82 Å². The molecule has 1 rings (SSSR count). The quantitative estimate of drug-likeness (QED) is 0.790. The lowest BCUT2D eigenvalue weighted by Crippen LogP contribution is -2.27. The van der Waals surface area contributed by atoms with E-state index in [2.05, 4.69) is 19.2 Å². The van der Waals surface area contributed by atoms with Gasteiger partial charge in [0, 0.05) is 26.2 Å². The van der Waals surface area contributed by atoms with E-state index in [1.165, 1.54) is 12.1 Å². The average molecular weight is 239 g/mol. The number of rotatable bonds is 7. The summed E-state index contributed by atoms with van der Waals surface area (Å²) in [6.07, 6.45) is 0. The van der Waals surface area contributed by atoms with Crippen LogP contribution in [0.2, 0.25) is 0 Å². The highest BCUT2D eigenvalue weighted by Gasteiger charge is 2.18. The number of halogens is 1. The first-order chi connectivity index (χ1) is 8.19. The molecule has 1 N–H and O–H groups in total. The largest absolute Gasteiger partial charge is 0.384 e. The monoisotopic (exact) mass is 239 g/mol. The van der Waals surface area contributed by atoms with Crippen LogP contribution in [0.25, 0.3) is 0 Å². The van der Waals surface area contributed by atoms with Crippen molar-refractivity contribution in [3.63, 3.8) is 0 Å². The van der Waals surface area contributed by atoms with E-state index < -0.39 is 0 Å². The normalized spacial score (nSPS) is 14.6. The topological polar surface area (TPSA) is 21.3 Å². The number of hydrogen-bond donors (Lipinski definition) is 1. The molecule has 2 nitrogen and oxygen atoms in total. The number of nitrogens with one attached hydrogen (secondary N) is 1. The van der Waals surface area contributed by atoms with Crippen LogP contribution in [0.1, 0.15) is 25.3 Å². The first-order valence-electron chi connectivity index (χ1n) is 6.14. The molecule has 0 aromatic heterocycles. The summed E-state index contributed by atoms with van der Waals surface area (Å²) in [7, 11) is 1.71. The lowest BCUT2D eigenvalue weighted by Gasteiger charge is -2.24. The molecule has 0 aliphatic carbocycles. The van der Waals surface area contributed by atoms with Gasteiger partial charge in [-0.3, -0.25) is 0 Å². The molecule has 2 atom stereocenters. The summed E-state index contributed by atoms with van der Waals surface area (Å²) in [4.78, 5) is 0. The molecule has 0 aliphatic rings. The van der Waals surface area contributed by atoms with Crippen LogP contribution < -0.4 is 5.32 Å². The lowest BCUT2D eigenvalue weighted by atomic mass is 9.87. The van der Waals surface area contributed by atoms with E-state index in [4.69, 9.17) is 4.74 Å². The van der Waals surface area contributed by atoms with Gasteiger partial charge in [0.05, 0.1) is 0 Å². The molecule has 0 saturated heterocycles. The van der Waals surface area contributed by atoms with Gasteiger partial charge in [0.25, 0.3) is 0 Å². The van der Waals surface area contributed by atoms with Gasteiger partial charge < -0.3 is 10.1 Å². The van der Waals surface area contributed by atoms with Gasteiger partial charge in [-0.2, -0.15) is 0 Å². The van der Waals surface area contributed by atoms with Gasteiger partial charge in [0.15, 0.2) is 0 Å². The highest BCUT2D eigenvalue weighted by Crippen LogP contribution is 2.24. The molecular formula is C14H22FNO. The number of ether oxygens (including phenoxy) is 1. The van der Waals surface area contributed by atoms with Crippen LogP contribution >= 0.6 is 0 Å². The smallest absolute Gasteiger partial charge is 0.123 e. The second-order valence-electron chi connectivity index (χ2n) is 4.40. The second kappa shape index (κ2) is 7.41. The van der Waals surface area contributed by atoms with Gasteiger partial charge in [-0.15, -0.1) is 0 Å². The Hall–Kier alpha value is -0.930. The van der Waals surface area contributed by atoms with Crippen molar-refractivity contribution in [3.8, 4) is 0 Å². The predicted octanol–water partition coefficient (Wildman–Crippen LogP) is 2.80. The molecule has 0 aliphatic heterocycles. The molecule has 0 saturated carbocycles. The number of benzene rings is 1. The standard InChI is InChI=1S/C14H22FNO/c1-4-16-9-14(11(2)10-17-3)12-5-7-13(15)8-6-12/h5-8,11,14,16H,4,9-10H2,1-3H3. The Kier molecular flexibility index (Phi) is 6.16. The van der Waals surface area contributed by atoms with Crippen LogP contribution in [0.3, 0.4) is 0 Å². The third-order valence-corrected chi connectivity index (χ3v) is 3.03. The van der Waals surface area contributed by atoms with Crippen molar-refractivity contribution in [1.82, 2.24) is 5.32 Å². The molecule has 17 heavy (non-hydrogen) atoms. The zero-order valence-corrected chi connectivity index (χ0v) is 10.9. The van der Waals surface area contributed by atoms with Gasteiger partial charge >= 0.3 is 0 Å². The van der Waals surface area contributed by atoms with E-state index in [0.29, 0.717) is 18.4 Å². The highest BCUT2D eigenvalue weighted by molar-refractivity contribution is 5.21. The molecule has 0 fully saturated rings. The zero-order chi connectivity index (χ0) is 12.7. The van der Waals surface area contributed by atoms with Crippen LogP contribution in [-0.4, -0.2) is 26.8 Å². The SMILES string of the molecule is CCNCC(c1ccc(F)cc1)C(C)COC. The fourth-order valence-corrected chi connectivity index (χ4v) is 2.04. The van der Waals surface area contributed by atoms with Gasteiger partial charge in [-0.25, -0.2) is 4.39 Å². The fourth-order valence-electron chi connectivity index (χ4n) is 2.04. The Morgan fingerprint density at radius 1 is 1.29 bits per heavy atom. The molecule has 0 radical (unpaired) electrons. The summed E-state index contributed by atoms with van der Waals surface area (Å²) in [5, 5.41) is 3.35. The Balaban J connectivity index is 2.77.